The van der Waals surface area contributed by atoms with Crippen LogP contribution in [-0.2, 0) is 4.79 Å². The van der Waals surface area contributed by atoms with Crippen LogP contribution in [0.1, 0.15) is 24.2 Å². The van der Waals surface area contributed by atoms with Gasteiger partial charge < -0.3 is 15.4 Å². The van der Waals surface area contributed by atoms with Gasteiger partial charge in [-0.3, -0.25) is 19.7 Å². The highest BCUT2D eigenvalue weighted by Crippen LogP contribution is 2.33. The SMILES string of the molecule is CC(C)C(=O)Nc1ccc(NC(=O)c2ccc(Oc3ccc(Cl)cc3[N+](=O)[O-])cc2)cc1. The van der Waals surface area contributed by atoms with Gasteiger partial charge in [-0.25, -0.2) is 0 Å². The molecule has 0 unspecified atom stereocenters. The molecule has 0 aliphatic heterocycles. The Bertz CT molecular complexity index is 1150. The number of hydrogen-bond donors (Lipinski definition) is 2. The number of nitrogens with zero attached hydrogens (tertiary/aromatic N) is 1. The lowest BCUT2D eigenvalue weighted by Crippen LogP contribution is -2.17. The van der Waals surface area contributed by atoms with E-state index >= 15 is 0 Å². The summed E-state index contributed by atoms with van der Waals surface area (Å²) in [5, 5.41) is 16.9. The van der Waals surface area contributed by atoms with Crippen LogP contribution < -0.4 is 15.4 Å². The summed E-state index contributed by atoms with van der Waals surface area (Å²) in [5.74, 6) is -0.188. The van der Waals surface area contributed by atoms with Gasteiger partial charge in [-0.1, -0.05) is 25.4 Å². The summed E-state index contributed by atoms with van der Waals surface area (Å²) in [6, 6.07) is 17.0. The summed E-state index contributed by atoms with van der Waals surface area (Å²) < 4.78 is 5.57. The van der Waals surface area contributed by atoms with Crippen molar-refractivity contribution in [1.82, 2.24) is 0 Å². The Kier molecular flexibility index (Phi) is 7.07. The number of nitro groups is 1. The van der Waals surface area contributed by atoms with E-state index < -0.39 is 4.92 Å². The average Bonchev–Trinajstić information content (AvgIpc) is 2.76. The van der Waals surface area contributed by atoms with E-state index in [-0.39, 0.29) is 34.2 Å². The maximum Gasteiger partial charge on any atom is 0.313 e. The van der Waals surface area contributed by atoms with Crippen molar-refractivity contribution in [3.8, 4) is 11.5 Å². The molecule has 8 nitrogen and oxygen atoms in total. The minimum atomic E-state index is -0.581. The normalized spacial score (nSPS) is 10.5. The number of carbonyl (C=O) groups excluding carboxylic acids is 2. The Labute approximate surface area is 189 Å². The summed E-state index contributed by atoms with van der Waals surface area (Å²) in [6.45, 7) is 3.61. The molecule has 3 rings (SSSR count). The van der Waals surface area contributed by atoms with E-state index in [9.17, 15) is 19.7 Å². The van der Waals surface area contributed by atoms with Gasteiger partial charge in [0.05, 0.1) is 4.92 Å². The van der Waals surface area contributed by atoms with Crippen LogP contribution in [0, 0.1) is 16.0 Å². The molecule has 0 spiro atoms. The van der Waals surface area contributed by atoms with Gasteiger partial charge in [0.2, 0.25) is 11.7 Å². The number of nitro benzene ring substituents is 1. The summed E-state index contributed by atoms with van der Waals surface area (Å²) in [6.07, 6.45) is 0. The van der Waals surface area contributed by atoms with E-state index in [1.807, 2.05) is 0 Å². The molecule has 164 valence electrons. The van der Waals surface area contributed by atoms with Gasteiger partial charge in [0.15, 0.2) is 0 Å². The third-order valence-corrected chi connectivity index (χ3v) is 4.63. The zero-order valence-electron chi connectivity index (χ0n) is 17.3. The van der Waals surface area contributed by atoms with Crippen LogP contribution in [0.2, 0.25) is 5.02 Å². The topological polar surface area (TPSA) is 111 Å². The van der Waals surface area contributed by atoms with Gasteiger partial charge in [0.25, 0.3) is 5.91 Å². The predicted octanol–water partition coefficient (Wildman–Crippen LogP) is 5.89. The third-order valence-electron chi connectivity index (χ3n) is 4.40. The number of benzene rings is 3. The zero-order chi connectivity index (χ0) is 23.3. The smallest absolute Gasteiger partial charge is 0.313 e. The Morgan fingerprint density at radius 3 is 2.09 bits per heavy atom. The maximum atomic E-state index is 12.5. The first-order chi connectivity index (χ1) is 15.2. The van der Waals surface area contributed by atoms with Gasteiger partial charge in [0.1, 0.15) is 5.75 Å². The minimum Gasteiger partial charge on any atom is -0.450 e. The van der Waals surface area contributed by atoms with E-state index in [4.69, 9.17) is 16.3 Å². The highest BCUT2D eigenvalue weighted by Gasteiger charge is 2.17. The second-order valence-corrected chi connectivity index (χ2v) is 7.61. The van der Waals surface area contributed by atoms with Gasteiger partial charge in [-0.05, 0) is 60.7 Å². The van der Waals surface area contributed by atoms with Crippen LogP contribution in [-0.4, -0.2) is 16.7 Å². The molecule has 0 heterocycles. The first-order valence-corrected chi connectivity index (χ1v) is 10.0. The molecule has 0 saturated carbocycles. The number of amides is 2. The van der Waals surface area contributed by atoms with Crippen molar-refractivity contribution in [3.63, 3.8) is 0 Å². The van der Waals surface area contributed by atoms with Crippen molar-refractivity contribution in [1.29, 1.82) is 0 Å². The predicted molar refractivity (Wildman–Crippen MR) is 122 cm³/mol. The molecule has 32 heavy (non-hydrogen) atoms. The van der Waals surface area contributed by atoms with Crippen LogP contribution >= 0.6 is 11.6 Å². The summed E-state index contributed by atoms with van der Waals surface area (Å²) >= 11 is 5.81. The maximum absolute atomic E-state index is 12.5. The fourth-order valence-electron chi connectivity index (χ4n) is 2.65. The summed E-state index contributed by atoms with van der Waals surface area (Å²) in [5.41, 5.74) is 1.32. The second kappa shape index (κ2) is 9.93. The number of anilines is 2. The lowest BCUT2D eigenvalue weighted by Gasteiger charge is -2.10. The monoisotopic (exact) mass is 453 g/mol. The first kappa shape index (κ1) is 22.8. The first-order valence-electron chi connectivity index (χ1n) is 9.67. The molecule has 0 aromatic heterocycles. The lowest BCUT2D eigenvalue weighted by molar-refractivity contribution is -0.385. The molecule has 0 atom stereocenters. The van der Waals surface area contributed by atoms with Gasteiger partial charge in [0, 0.05) is 33.9 Å². The zero-order valence-corrected chi connectivity index (χ0v) is 18.1. The van der Waals surface area contributed by atoms with Crippen molar-refractivity contribution in [2.75, 3.05) is 10.6 Å². The van der Waals surface area contributed by atoms with E-state index in [0.29, 0.717) is 22.7 Å². The highest BCUT2D eigenvalue weighted by molar-refractivity contribution is 6.30. The standard InChI is InChI=1S/C23H20ClN3O5/c1-14(2)22(28)25-17-6-8-18(9-7-17)26-23(29)15-3-10-19(11-4-15)32-21-12-5-16(24)13-20(21)27(30)31/h3-14H,1-2H3,(H,25,28)(H,26,29). The number of halogens is 1. The largest absolute Gasteiger partial charge is 0.450 e. The van der Waals surface area contributed by atoms with E-state index in [1.165, 1.54) is 30.3 Å². The van der Waals surface area contributed by atoms with Crippen LogP contribution in [0.15, 0.2) is 66.7 Å². The van der Waals surface area contributed by atoms with E-state index in [2.05, 4.69) is 10.6 Å². The molecular weight excluding hydrogens is 434 g/mol. The molecular formula is C23H20ClN3O5. The van der Waals surface area contributed by atoms with Crippen molar-refractivity contribution in [3.05, 3.63) is 87.4 Å². The molecule has 9 heteroatoms. The molecule has 2 amide bonds. The van der Waals surface area contributed by atoms with E-state index in [0.717, 1.165) is 0 Å². The minimum absolute atomic E-state index is 0.0428. The fraction of sp³-hybridized carbons (Fsp3) is 0.130. The number of nitrogens with one attached hydrogen (secondary N) is 2. The summed E-state index contributed by atoms with van der Waals surface area (Å²) in [7, 11) is 0. The lowest BCUT2D eigenvalue weighted by atomic mass is 10.2. The fourth-order valence-corrected chi connectivity index (χ4v) is 2.81. The Morgan fingerprint density at radius 2 is 1.53 bits per heavy atom. The molecule has 0 aliphatic rings. The van der Waals surface area contributed by atoms with Crippen LogP contribution in [0.5, 0.6) is 11.5 Å². The van der Waals surface area contributed by atoms with Crippen molar-refractivity contribution < 1.29 is 19.2 Å². The van der Waals surface area contributed by atoms with Crippen LogP contribution in [0.25, 0.3) is 0 Å². The van der Waals surface area contributed by atoms with Crippen molar-refractivity contribution in [2.24, 2.45) is 5.92 Å². The van der Waals surface area contributed by atoms with Crippen LogP contribution in [0.4, 0.5) is 17.1 Å². The van der Waals surface area contributed by atoms with Crippen molar-refractivity contribution in [2.45, 2.75) is 13.8 Å². The second-order valence-electron chi connectivity index (χ2n) is 7.17. The van der Waals surface area contributed by atoms with Gasteiger partial charge in [-0.15, -0.1) is 0 Å². The van der Waals surface area contributed by atoms with Gasteiger partial charge >= 0.3 is 5.69 Å². The molecule has 3 aromatic carbocycles. The Morgan fingerprint density at radius 1 is 0.938 bits per heavy atom. The quantitative estimate of drug-likeness (QED) is 0.342. The molecule has 0 saturated heterocycles. The van der Waals surface area contributed by atoms with Crippen molar-refractivity contribution >= 4 is 40.5 Å². The Hall–Kier alpha value is -3.91. The Balaban J connectivity index is 1.64. The molecule has 0 fully saturated rings. The van der Waals surface area contributed by atoms with Crippen LogP contribution in [0.3, 0.4) is 0 Å². The summed E-state index contributed by atoms with van der Waals surface area (Å²) in [4.78, 5) is 34.8. The molecule has 3 aromatic rings. The third kappa shape index (κ3) is 5.83. The average molecular weight is 454 g/mol. The number of rotatable bonds is 7. The highest BCUT2D eigenvalue weighted by atomic mass is 35.5. The molecule has 0 radical (unpaired) electrons. The molecule has 0 bridgehead atoms. The molecule has 0 aliphatic carbocycles. The number of carbonyl (C=O) groups is 2. The number of ether oxygens (including phenoxy) is 1. The van der Waals surface area contributed by atoms with Gasteiger partial charge in [-0.2, -0.15) is 0 Å². The molecule has 2 N–H and O–H groups in total. The van der Waals surface area contributed by atoms with E-state index in [1.54, 1.807) is 50.2 Å². The number of hydrogen-bond acceptors (Lipinski definition) is 5.